The van der Waals surface area contributed by atoms with Crippen molar-refractivity contribution in [3.05, 3.63) is 69.0 Å². The van der Waals surface area contributed by atoms with Gasteiger partial charge in [0.05, 0.1) is 26.9 Å². The van der Waals surface area contributed by atoms with E-state index in [0.29, 0.717) is 41.8 Å². The van der Waals surface area contributed by atoms with E-state index in [1.54, 1.807) is 14.2 Å². The number of rotatable bonds is 9. The normalized spacial score (nSPS) is 15.2. The fourth-order valence-corrected chi connectivity index (χ4v) is 4.80. The monoisotopic (exact) mass is 509 g/mol. The number of nitrogens with zero attached hydrogens (tertiary/aromatic N) is 1. The molecule has 1 atom stereocenters. The lowest BCUT2D eigenvalue weighted by Gasteiger charge is -2.28. The summed E-state index contributed by atoms with van der Waals surface area (Å²) in [5.74, 6) is 1.41. The predicted molar refractivity (Wildman–Crippen MR) is 147 cm³/mol. The van der Waals surface area contributed by atoms with Crippen molar-refractivity contribution >= 4 is 28.2 Å². The van der Waals surface area contributed by atoms with Gasteiger partial charge in [-0.2, -0.15) is 0 Å². The van der Waals surface area contributed by atoms with Crippen LogP contribution < -0.4 is 20.3 Å². The molecule has 0 spiro atoms. The summed E-state index contributed by atoms with van der Waals surface area (Å²) >= 11 is 5.79. The van der Waals surface area contributed by atoms with Crippen LogP contribution in [0.25, 0.3) is 10.9 Å². The number of hydrogen-bond acceptors (Lipinski definition) is 5. The highest BCUT2D eigenvalue weighted by Gasteiger charge is 2.22. The summed E-state index contributed by atoms with van der Waals surface area (Å²) in [6.07, 6.45) is 2.92. The molecule has 1 aliphatic heterocycles. The van der Waals surface area contributed by atoms with E-state index >= 15 is 0 Å². The molecule has 2 aromatic carbocycles. The van der Waals surface area contributed by atoms with Crippen LogP contribution in [0.15, 0.2) is 41.2 Å². The zero-order chi connectivity index (χ0) is 25.7. The molecule has 36 heavy (non-hydrogen) atoms. The summed E-state index contributed by atoms with van der Waals surface area (Å²) in [6.45, 7) is 6.63. The molecule has 4 rings (SSSR count). The Kier molecular flexibility index (Phi) is 8.48. The lowest BCUT2D eigenvalue weighted by Crippen LogP contribution is -2.44. The predicted octanol–water partition coefficient (Wildman–Crippen LogP) is 4.26. The van der Waals surface area contributed by atoms with E-state index in [1.165, 1.54) is 5.56 Å². The minimum Gasteiger partial charge on any atom is -0.493 e. The van der Waals surface area contributed by atoms with E-state index in [-0.39, 0.29) is 11.7 Å². The van der Waals surface area contributed by atoms with Crippen molar-refractivity contribution in [1.82, 2.24) is 15.2 Å². The molecule has 2 N–H and O–H groups in total. The maximum atomic E-state index is 12.9. The molecule has 192 valence electrons. The van der Waals surface area contributed by atoms with Gasteiger partial charge < -0.3 is 29.4 Å². The van der Waals surface area contributed by atoms with Gasteiger partial charge >= 0.3 is 0 Å². The molecule has 3 aromatic rings. The third-order valence-electron chi connectivity index (χ3n) is 6.77. The van der Waals surface area contributed by atoms with Gasteiger partial charge in [0.25, 0.3) is 5.56 Å². The van der Waals surface area contributed by atoms with Gasteiger partial charge in [-0.25, -0.2) is 0 Å². The van der Waals surface area contributed by atoms with Crippen LogP contribution >= 0.6 is 12.2 Å². The van der Waals surface area contributed by atoms with Crippen molar-refractivity contribution < 1.29 is 14.2 Å². The first-order valence-electron chi connectivity index (χ1n) is 12.4. The van der Waals surface area contributed by atoms with Crippen LogP contribution in [-0.4, -0.2) is 55.0 Å². The summed E-state index contributed by atoms with van der Waals surface area (Å²) in [4.78, 5) is 18.0. The SMILES string of the molecule is COc1ccc(CCNC(=S)N(Cc2cc3cc(C)c(C)cc3[nH]c2=O)CC2CCCO2)cc1OC. The van der Waals surface area contributed by atoms with Gasteiger partial charge in [-0.1, -0.05) is 6.07 Å². The fraction of sp³-hybridized carbons (Fsp3) is 0.429. The molecule has 2 heterocycles. The second-order valence-corrected chi connectivity index (χ2v) is 9.72. The van der Waals surface area contributed by atoms with E-state index in [4.69, 9.17) is 26.4 Å². The molecule has 1 saturated heterocycles. The van der Waals surface area contributed by atoms with E-state index in [2.05, 4.69) is 35.1 Å². The number of nitrogens with one attached hydrogen (secondary N) is 2. The smallest absolute Gasteiger partial charge is 0.253 e. The minimum atomic E-state index is -0.0868. The van der Waals surface area contributed by atoms with E-state index in [1.807, 2.05) is 30.3 Å². The van der Waals surface area contributed by atoms with Crippen molar-refractivity contribution in [3.8, 4) is 11.5 Å². The highest BCUT2D eigenvalue weighted by Crippen LogP contribution is 2.27. The summed E-state index contributed by atoms with van der Waals surface area (Å²) in [5.41, 5.74) is 4.93. The lowest BCUT2D eigenvalue weighted by molar-refractivity contribution is 0.0897. The Morgan fingerprint density at radius 2 is 1.92 bits per heavy atom. The number of H-pyrrole nitrogens is 1. The Labute approximate surface area is 217 Å². The Bertz CT molecular complexity index is 1280. The molecule has 0 bridgehead atoms. The summed E-state index contributed by atoms with van der Waals surface area (Å²) < 4.78 is 16.6. The molecule has 1 fully saturated rings. The molecular weight excluding hydrogens is 474 g/mol. The number of ether oxygens (including phenoxy) is 3. The van der Waals surface area contributed by atoms with Gasteiger partial charge in [0.2, 0.25) is 0 Å². The molecular formula is C28H35N3O4S. The Balaban J connectivity index is 1.48. The summed E-state index contributed by atoms with van der Waals surface area (Å²) in [6, 6.07) is 12.0. The number of methoxy groups -OCH3 is 2. The number of aromatic amines is 1. The average Bonchev–Trinajstić information content (AvgIpc) is 3.38. The topological polar surface area (TPSA) is 75.8 Å². The largest absolute Gasteiger partial charge is 0.493 e. The molecule has 0 aliphatic carbocycles. The molecule has 8 heteroatoms. The van der Waals surface area contributed by atoms with Gasteiger partial charge in [0, 0.05) is 30.8 Å². The van der Waals surface area contributed by atoms with E-state index in [9.17, 15) is 4.79 Å². The molecule has 1 unspecified atom stereocenters. The maximum Gasteiger partial charge on any atom is 0.253 e. The number of pyridine rings is 1. The van der Waals surface area contributed by atoms with Gasteiger partial charge in [-0.05, 0) is 97.7 Å². The number of thiocarbonyl (C=S) groups is 1. The van der Waals surface area contributed by atoms with Crippen LogP contribution in [0.1, 0.15) is 35.1 Å². The highest BCUT2D eigenvalue weighted by molar-refractivity contribution is 7.80. The first-order chi connectivity index (χ1) is 17.4. The van der Waals surface area contributed by atoms with Crippen LogP contribution in [-0.2, 0) is 17.7 Å². The van der Waals surface area contributed by atoms with Crippen molar-refractivity contribution in [3.63, 3.8) is 0 Å². The number of fused-ring (bicyclic) bond motifs is 1. The van der Waals surface area contributed by atoms with Crippen molar-refractivity contribution in [2.75, 3.05) is 33.9 Å². The van der Waals surface area contributed by atoms with Crippen molar-refractivity contribution in [1.29, 1.82) is 0 Å². The van der Waals surface area contributed by atoms with Crippen LogP contribution in [0.3, 0.4) is 0 Å². The van der Waals surface area contributed by atoms with Crippen LogP contribution in [0, 0.1) is 13.8 Å². The lowest BCUT2D eigenvalue weighted by atomic mass is 10.0. The quantitative estimate of drug-likeness (QED) is 0.418. The molecule has 0 amide bonds. The minimum absolute atomic E-state index is 0.0868. The zero-order valence-corrected chi connectivity index (χ0v) is 22.3. The third-order valence-corrected chi connectivity index (χ3v) is 7.17. The zero-order valence-electron chi connectivity index (χ0n) is 21.5. The number of aromatic nitrogens is 1. The molecule has 1 aliphatic rings. The maximum absolute atomic E-state index is 12.9. The highest BCUT2D eigenvalue weighted by atomic mass is 32.1. The number of benzene rings is 2. The summed E-state index contributed by atoms with van der Waals surface area (Å²) in [5, 5.41) is 5.02. The standard InChI is InChI=1S/C28H35N3O4S/c1-18-12-21-15-22(27(32)30-24(21)13-19(18)2)16-31(17-23-6-5-11-35-23)28(36)29-10-9-20-7-8-25(33-3)26(14-20)34-4/h7-8,12-15,23H,5-6,9-11,16-17H2,1-4H3,(H,29,36)(H,30,32). The summed E-state index contributed by atoms with van der Waals surface area (Å²) in [7, 11) is 3.26. The molecule has 0 radical (unpaired) electrons. The van der Waals surface area contributed by atoms with Gasteiger partial charge in [-0.15, -0.1) is 0 Å². The third kappa shape index (κ3) is 6.17. The van der Waals surface area contributed by atoms with Crippen molar-refractivity contribution in [2.45, 2.75) is 45.8 Å². The van der Waals surface area contributed by atoms with E-state index in [0.717, 1.165) is 47.9 Å². The number of aryl methyl sites for hydroxylation is 2. The fourth-order valence-electron chi connectivity index (χ4n) is 4.56. The number of hydrogen-bond donors (Lipinski definition) is 2. The molecule has 0 saturated carbocycles. The Morgan fingerprint density at radius 3 is 2.64 bits per heavy atom. The van der Waals surface area contributed by atoms with Crippen LogP contribution in [0.4, 0.5) is 0 Å². The van der Waals surface area contributed by atoms with Gasteiger partial charge in [0.15, 0.2) is 16.6 Å². The van der Waals surface area contributed by atoms with Crippen LogP contribution in [0.2, 0.25) is 0 Å². The molecule has 7 nitrogen and oxygen atoms in total. The van der Waals surface area contributed by atoms with Gasteiger partial charge in [-0.3, -0.25) is 4.79 Å². The second-order valence-electron chi connectivity index (χ2n) is 9.33. The first-order valence-corrected chi connectivity index (χ1v) is 12.8. The Morgan fingerprint density at radius 1 is 1.14 bits per heavy atom. The van der Waals surface area contributed by atoms with Crippen LogP contribution in [0.5, 0.6) is 11.5 Å². The van der Waals surface area contributed by atoms with E-state index < -0.39 is 0 Å². The van der Waals surface area contributed by atoms with Gasteiger partial charge in [0.1, 0.15) is 0 Å². The average molecular weight is 510 g/mol. The molecule has 1 aromatic heterocycles. The Hall–Kier alpha value is -3.10. The second kappa shape index (κ2) is 11.8. The van der Waals surface area contributed by atoms with Crippen molar-refractivity contribution in [2.24, 2.45) is 0 Å². The first kappa shape index (κ1) is 26.0.